The van der Waals surface area contributed by atoms with Crippen molar-refractivity contribution in [1.82, 2.24) is 9.80 Å². The molecule has 0 atom stereocenters. The Morgan fingerprint density at radius 3 is 2.50 bits per heavy atom. The molecule has 1 aliphatic heterocycles. The molecule has 0 aliphatic carbocycles. The highest BCUT2D eigenvalue weighted by atomic mass is 35.5. The molecule has 1 N–H and O–H groups in total. The summed E-state index contributed by atoms with van der Waals surface area (Å²) in [5.74, 6) is -0.596. The zero-order chi connectivity index (χ0) is 20.1. The monoisotopic (exact) mass is 421 g/mol. The molecule has 1 aromatic carbocycles. The van der Waals surface area contributed by atoms with Crippen LogP contribution in [-0.4, -0.2) is 61.0 Å². The van der Waals surface area contributed by atoms with E-state index in [2.05, 4.69) is 10.1 Å². The average molecular weight is 422 g/mol. The summed E-state index contributed by atoms with van der Waals surface area (Å²) in [6, 6.07) is 9.96. The number of methoxy groups -OCH3 is 1. The number of carbonyl (C=O) groups is 3. The molecule has 0 bridgehead atoms. The van der Waals surface area contributed by atoms with Gasteiger partial charge in [-0.2, -0.15) is 0 Å². The van der Waals surface area contributed by atoms with Gasteiger partial charge in [-0.15, -0.1) is 11.3 Å². The van der Waals surface area contributed by atoms with Crippen LogP contribution in [0.5, 0.6) is 0 Å². The van der Waals surface area contributed by atoms with Crippen LogP contribution >= 0.6 is 22.9 Å². The molecule has 1 aliphatic rings. The summed E-state index contributed by atoms with van der Waals surface area (Å²) in [5.41, 5.74) is 0.628. The summed E-state index contributed by atoms with van der Waals surface area (Å²) in [4.78, 5) is 41.1. The van der Waals surface area contributed by atoms with Gasteiger partial charge >= 0.3 is 12.0 Å². The molecule has 2 heterocycles. The first-order valence-corrected chi connectivity index (χ1v) is 9.96. The predicted molar refractivity (Wildman–Crippen MR) is 108 cm³/mol. The summed E-state index contributed by atoms with van der Waals surface area (Å²) in [5, 5.41) is 3.38. The van der Waals surface area contributed by atoms with E-state index in [-0.39, 0.29) is 11.9 Å². The normalized spacial score (nSPS) is 14.4. The number of benzene rings is 1. The number of rotatable bonds is 3. The van der Waals surface area contributed by atoms with E-state index >= 15 is 0 Å². The van der Waals surface area contributed by atoms with Gasteiger partial charge in [-0.3, -0.25) is 4.79 Å². The first-order chi connectivity index (χ1) is 13.5. The summed E-state index contributed by atoms with van der Waals surface area (Å²) >= 11 is 7.06. The Kier molecular flexibility index (Phi) is 6.53. The van der Waals surface area contributed by atoms with Crippen molar-refractivity contribution >= 4 is 46.5 Å². The third kappa shape index (κ3) is 4.82. The first kappa shape index (κ1) is 20.2. The number of hydrogen-bond acceptors (Lipinski definition) is 5. The van der Waals surface area contributed by atoms with E-state index in [1.54, 1.807) is 46.2 Å². The average Bonchev–Trinajstić information content (AvgIpc) is 3.04. The third-order valence-corrected chi connectivity index (χ3v) is 5.64. The van der Waals surface area contributed by atoms with E-state index in [0.717, 1.165) is 11.3 Å². The van der Waals surface area contributed by atoms with Gasteiger partial charge in [-0.05, 0) is 36.8 Å². The zero-order valence-electron chi connectivity index (χ0n) is 15.3. The molecular weight excluding hydrogens is 402 g/mol. The van der Waals surface area contributed by atoms with Crippen LogP contribution in [0.25, 0.3) is 0 Å². The first-order valence-electron chi connectivity index (χ1n) is 8.77. The summed E-state index contributed by atoms with van der Waals surface area (Å²) in [6.45, 7) is 1.94. The molecule has 2 aromatic rings. The van der Waals surface area contributed by atoms with Crippen LogP contribution in [0.15, 0.2) is 36.4 Å². The number of thiophene rings is 1. The number of carbonyl (C=O) groups excluding carboxylic acids is 3. The van der Waals surface area contributed by atoms with E-state index in [0.29, 0.717) is 53.1 Å². The second-order valence-electron chi connectivity index (χ2n) is 6.23. The molecule has 0 saturated carbocycles. The Morgan fingerprint density at radius 1 is 1.04 bits per heavy atom. The molecular formula is C19H20ClN3O4S. The van der Waals surface area contributed by atoms with Crippen molar-refractivity contribution in [3.05, 3.63) is 51.2 Å². The molecule has 9 heteroatoms. The molecule has 0 unspecified atom stereocenters. The number of amides is 3. The molecule has 0 spiro atoms. The number of esters is 1. The van der Waals surface area contributed by atoms with Gasteiger partial charge < -0.3 is 19.9 Å². The maximum Gasteiger partial charge on any atom is 0.348 e. The van der Waals surface area contributed by atoms with Gasteiger partial charge in [0, 0.05) is 36.9 Å². The summed E-state index contributed by atoms with van der Waals surface area (Å²) in [7, 11) is 1.31. The topological polar surface area (TPSA) is 79.0 Å². The molecule has 1 saturated heterocycles. The van der Waals surface area contributed by atoms with Crippen molar-refractivity contribution in [2.24, 2.45) is 0 Å². The molecule has 3 amide bonds. The quantitative estimate of drug-likeness (QED) is 0.768. The molecule has 148 valence electrons. The number of hydrogen-bond donors (Lipinski definition) is 1. The van der Waals surface area contributed by atoms with Crippen molar-refractivity contribution < 1.29 is 19.1 Å². The van der Waals surface area contributed by atoms with E-state index in [1.165, 1.54) is 7.11 Å². The fourth-order valence-electron chi connectivity index (χ4n) is 2.91. The number of nitrogens with one attached hydrogen (secondary N) is 1. The van der Waals surface area contributed by atoms with Gasteiger partial charge in [-0.25, -0.2) is 9.59 Å². The van der Waals surface area contributed by atoms with Crippen LogP contribution in [-0.2, 0) is 4.74 Å². The van der Waals surface area contributed by atoms with Crippen molar-refractivity contribution in [1.29, 1.82) is 0 Å². The van der Waals surface area contributed by atoms with E-state index in [1.807, 2.05) is 0 Å². The van der Waals surface area contributed by atoms with E-state index < -0.39 is 5.97 Å². The van der Waals surface area contributed by atoms with Gasteiger partial charge in [0.2, 0.25) is 0 Å². The minimum absolute atomic E-state index is 0.141. The van der Waals surface area contributed by atoms with E-state index in [9.17, 15) is 14.4 Å². The lowest BCUT2D eigenvalue weighted by atomic mass is 10.3. The Morgan fingerprint density at radius 2 is 1.75 bits per heavy atom. The van der Waals surface area contributed by atoms with Crippen LogP contribution in [0.4, 0.5) is 10.5 Å². The molecule has 1 fully saturated rings. The highest BCUT2D eigenvalue weighted by Crippen LogP contribution is 2.20. The zero-order valence-corrected chi connectivity index (χ0v) is 16.9. The smallest absolute Gasteiger partial charge is 0.348 e. The van der Waals surface area contributed by atoms with E-state index in [4.69, 9.17) is 11.6 Å². The molecule has 3 rings (SSSR count). The Labute approximate surface area is 171 Å². The van der Waals surface area contributed by atoms with Crippen molar-refractivity contribution in [2.45, 2.75) is 6.42 Å². The van der Waals surface area contributed by atoms with Crippen molar-refractivity contribution in [2.75, 3.05) is 38.6 Å². The van der Waals surface area contributed by atoms with Gasteiger partial charge in [0.1, 0.15) is 4.88 Å². The minimum atomic E-state index is -0.455. The van der Waals surface area contributed by atoms with Crippen molar-refractivity contribution in [3.8, 4) is 0 Å². The molecule has 28 heavy (non-hydrogen) atoms. The molecule has 7 nitrogen and oxygen atoms in total. The maximum atomic E-state index is 12.7. The number of ether oxygens (including phenoxy) is 1. The van der Waals surface area contributed by atoms with Crippen LogP contribution in [0.3, 0.4) is 0 Å². The molecule has 1 aromatic heterocycles. The van der Waals surface area contributed by atoms with Gasteiger partial charge in [0.15, 0.2) is 0 Å². The number of nitrogens with zero attached hydrogens (tertiary/aromatic N) is 2. The standard InChI is InChI=1S/C19H20ClN3O4S/c1-27-18(25)16-7-6-15(28-16)17(24)22-8-3-9-23(11-10-22)19(26)21-14-5-2-4-13(20)12-14/h2,4-7,12H,3,8-11H2,1H3,(H,21,26). The fraction of sp³-hybridized carbons (Fsp3) is 0.316. The number of anilines is 1. The summed E-state index contributed by atoms with van der Waals surface area (Å²) < 4.78 is 4.68. The van der Waals surface area contributed by atoms with Crippen molar-refractivity contribution in [3.63, 3.8) is 0 Å². The lowest BCUT2D eigenvalue weighted by Crippen LogP contribution is -2.39. The second-order valence-corrected chi connectivity index (χ2v) is 7.75. The second kappa shape index (κ2) is 9.07. The fourth-order valence-corrected chi connectivity index (χ4v) is 3.99. The lowest BCUT2D eigenvalue weighted by molar-refractivity contribution is 0.0606. The van der Waals surface area contributed by atoms with Gasteiger partial charge in [0.05, 0.1) is 12.0 Å². The predicted octanol–water partition coefficient (Wildman–Crippen LogP) is 3.57. The highest BCUT2D eigenvalue weighted by Gasteiger charge is 2.24. The molecule has 0 radical (unpaired) electrons. The largest absolute Gasteiger partial charge is 0.465 e. The Hall–Kier alpha value is -2.58. The van der Waals surface area contributed by atoms with Crippen LogP contribution in [0.2, 0.25) is 5.02 Å². The summed E-state index contributed by atoms with van der Waals surface area (Å²) in [6.07, 6.45) is 0.671. The third-order valence-electron chi connectivity index (χ3n) is 4.35. The van der Waals surface area contributed by atoms with Crippen LogP contribution in [0.1, 0.15) is 25.8 Å². The number of halogens is 1. The SMILES string of the molecule is COC(=O)c1ccc(C(=O)N2CCCN(C(=O)Nc3cccc(Cl)c3)CC2)s1. The lowest BCUT2D eigenvalue weighted by Gasteiger charge is -2.22. The van der Waals surface area contributed by atoms with Crippen LogP contribution < -0.4 is 5.32 Å². The maximum absolute atomic E-state index is 12.7. The minimum Gasteiger partial charge on any atom is -0.465 e. The van der Waals surface area contributed by atoms with Gasteiger partial charge in [0.25, 0.3) is 5.91 Å². The Balaban J connectivity index is 1.59. The Bertz CT molecular complexity index is 886. The highest BCUT2D eigenvalue weighted by molar-refractivity contribution is 7.15. The number of urea groups is 1. The van der Waals surface area contributed by atoms with Gasteiger partial charge in [-0.1, -0.05) is 17.7 Å². The van der Waals surface area contributed by atoms with Crippen LogP contribution in [0, 0.1) is 0 Å².